The van der Waals surface area contributed by atoms with Gasteiger partial charge in [-0.25, -0.2) is 0 Å². The normalized spacial score (nSPS) is 12.0. The van der Waals surface area contributed by atoms with Gasteiger partial charge in [-0.1, -0.05) is 11.6 Å². The maximum absolute atomic E-state index is 12.5. The van der Waals surface area contributed by atoms with Gasteiger partial charge >= 0.3 is 0 Å². The Morgan fingerprint density at radius 1 is 1.15 bits per heavy atom. The lowest BCUT2D eigenvalue weighted by atomic mass is 10.1. The fourth-order valence-electron chi connectivity index (χ4n) is 2.58. The van der Waals surface area contributed by atoms with Crippen LogP contribution in [0, 0.1) is 6.92 Å². The van der Waals surface area contributed by atoms with Gasteiger partial charge in [-0.15, -0.1) is 0 Å². The smallest absolute Gasteiger partial charge is 0.241 e. The molecule has 1 amide bonds. The van der Waals surface area contributed by atoms with Crippen LogP contribution in [-0.2, 0) is 11.3 Å². The first-order valence-corrected chi connectivity index (χ1v) is 8.71. The van der Waals surface area contributed by atoms with Crippen LogP contribution in [0.1, 0.15) is 18.1 Å². The van der Waals surface area contributed by atoms with Crippen LogP contribution in [0.3, 0.4) is 0 Å². The zero-order valence-electron chi connectivity index (χ0n) is 15.8. The summed E-state index contributed by atoms with van der Waals surface area (Å²) in [5.41, 5.74) is 2.89. The minimum absolute atomic E-state index is 0.0760. The molecule has 0 bridgehead atoms. The summed E-state index contributed by atoms with van der Waals surface area (Å²) in [5, 5.41) is 3.54. The number of carbonyl (C=O) groups is 1. The quantitative estimate of drug-likeness (QED) is 0.789. The number of hydrogen-bond donors (Lipinski definition) is 1. The van der Waals surface area contributed by atoms with Crippen LogP contribution in [0.4, 0.5) is 5.69 Å². The standard InChI is InChI=1S/C20H25ClN2O3/c1-13-10-18(25-4)19(26-5)11-15(13)12-23(3)14(2)20(24)22-17-8-6-16(21)7-9-17/h6-11,14H,12H2,1-5H3,(H,22,24)/t14-/m0/s1. The molecule has 0 aliphatic rings. The maximum Gasteiger partial charge on any atom is 0.241 e. The minimum Gasteiger partial charge on any atom is -0.493 e. The molecule has 0 fully saturated rings. The second-order valence-corrected chi connectivity index (χ2v) is 6.66. The molecule has 0 heterocycles. The van der Waals surface area contributed by atoms with Gasteiger partial charge in [0.1, 0.15) is 0 Å². The molecular formula is C20H25ClN2O3. The predicted molar refractivity (Wildman–Crippen MR) is 105 cm³/mol. The van der Waals surface area contributed by atoms with Gasteiger partial charge in [0.25, 0.3) is 0 Å². The van der Waals surface area contributed by atoms with Crippen molar-refractivity contribution in [2.45, 2.75) is 26.4 Å². The van der Waals surface area contributed by atoms with Crippen molar-refractivity contribution in [1.29, 1.82) is 0 Å². The topological polar surface area (TPSA) is 50.8 Å². The lowest BCUT2D eigenvalue weighted by Gasteiger charge is -2.25. The molecule has 5 nitrogen and oxygen atoms in total. The number of halogens is 1. The molecule has 2 aromatic carbocycles. The molecule has 1 N–H and O–H groups in total. The van der Waals surface area contributed by atoms with E-state index >= 15 is 0 Å². The molecule has 0 radical (unpaired) electrons. The lowest BCUT2D eigenvalue weighted by Crippen LogP contribution is -2.39. The first-order chi connectivity index (χ1) is 12.3. The Morgan fingerprint density at radius 3 is 2.31 bits per heavy atom. The molecule has 0 saturated carbocycles. The van der Waals surface area contributed by atoms with Crippen molar-refractivity contribution in [3.63, 3.8) is 0 Å². The number of rotatable bonds is 7. The Labute approximate surface area is 159 Å². The Hall–Kier alpha value is -2.24. The van der Waals surface area contributed by atoms with Gasteiger partial charge in [-0.05, 0) is 68.4 Å². The SMILES string of the molecule is COc1cc(C)c(CN(C)[C@@H](C)C(=O)Nc2ccc(Cl)cc2)cc1OC. The summed E-state index contributed by atoms with van der Waals surface area (Å²) in [6.45, 7) is 4.51. The fourth-order valence-corrected chi connectivity index (χ4v) is 2.70. The van der Waals surface area contributed by atoms with Crippen LogP contribution < -0.4 is 14.8 Å². The molecule has 0 saturated heterocycles. The van der Waals surface area contributed by atoms with E-state index in [0.29, 0.717) is 23.1 Å². The molecular weight excluding hydrogens is 352 g/mol. The second kappa shape index (κ2) is 8.92. The highest BCUT2D eigenvalue weighted by atomic mass is 35.5. The van der Waals surface area contributed by atoms with Crippen molar-refractivity contribution >= 4 is 23.2 Å². The largest absolute Gasteiger partial charge is 0.493 e. The fraction of sp³-hybridized carbons (Fsp3) is 0.350. The average molecular weight is 377 g/mol. The van der Waals surface area contributed by atoms with E-state index in [1.54, 1.807) is 38.5 Å². The minimum atomic E-state index is -0.307. The van der Waals surface area contributed by atoms with E-state index in [9.17, 15) is 4.79 Å². The molecule has 2 aromatic rings. The zero-order valence-corrected chi connectivity index (χ0v) is 16.6. The Balaban J connectivity index is 2.07. The van der Waals surface area contributed by atoms with Crippen molar-refractivity contribution in [2.24, 2.45) is 0 Å². The number of anilines is 1. The molecule has 26 heavy (non-hydrogen) atoms. The van der Waals surface area contributed by atoms with Crippen LogP contribution in [-0.4, -0.2) is 38.1 Å². The summed E-state index contributed by atoms with van der Waals surface area (Å²) in [6, 6.07) is 10.7. The van der Waals surface area contributed by atoms with Crippen LogP contribution in [0.15, 0.2) is 36.4 Å². The van der Waals surface area contributed by atoms with Crippen molar-refractivity contribution < 1.29 is 14.3 Å². The van der Waals surface area contributed by atoms with Gasteiger partial charge in [-0.2, -0.15) is 0 Å². The average Bonchev–Trinajstić information content (AvgIpc) is 2.63. The number of benzene rings is 2. The molecule has 140 valence electrons. The Morgan fingerprint density at radius 2 is 1.73 bits per heavy atom. The van der Waals surface area contributed by atoms with Crippen LogP contribution in [0.5, 0.6) is 11.5 Å². The number of aryl methyl sites for hydroxylation is 1. The summed E-state index contributed by atoms with van der Waals surface area (Å²) >= 11 is 5.87. The summed E-state index contributed by atoms with van der Waals surface area (Å²) in [4.78, 5) is 14.5. The van der Waals surface area contributed by atoms with E-state index in [1.165, 1.54) is 0 Å². The van der Waals surface area contributed by atoms with Crippen molar-refractivity contribution in [1.82, 2.24) is 4.90 Å². The highest BCUT2D eigenvalue weighted by Crippen LogP contribution is 2.31. The second-order valence-electron chi connectivity index (χ2n) is 6.22. The highest BCUT2D eigenvalue weighted by Gasteiger charge is 2.20. The van der Waals surface area contributed by atoms with E-state index in [1.807, 2.05) is 37.9 Å². The van der Waals surface area contributed by atoms with Gasteiger partial charge in [-0.3, -0.25) is 9.69 Å². The monoisotopic (exact) mass is 376 g/mol. The first kappa shape index (κ1) is 20.1. The number of ether oxygens (including phenoxy) is 2. The van der Waals surface area contributed by atoms with E-state index < -0.39 is 0 Å². The number of nitrogens with one attached hydrogen (secondary N) is 1. The van der Waals surface area contributed by atoms with Gasteiger partial charge in [0, 0.05) is 17.3 Å². The number of amides is 1. The van der Waals surface area contributed by atoms with Crippen molar-refractivity contribution in [3.8, 4) is 11.5 Å². The third-order valence-corrected chi connectivity index (χ3v) is 4.67. The molecule has 0 aromatic heterocycles. The molecule has 0 aliphatic carbocycles. The molecule has 2 rings (SSSR count). The molecule has 1 atom stereocenters. The summed E-state index contributed by atoms with van der Waals surface area (Å²) in [6.07, 6.45) is 0. The lowest BCUT2D eigenvalue weighted by molar-refractivity contribution is -0.120. The number of carbonyl (C=O) groups excluding carboxylic acids is 1. The van der Waals surface area contributed by atoms with Gasteiger partial charge in [0.2, 0.25) is 5.91 Å². The Bertz CT molecular complexity index is 762. The summed E-state index contributed by atoms with van der Waals surface area (Å²) < 4.78 is 10.7. The van der Waals surface area contributed by atoms with Crippen LogP contribution >= 0.6 is 11.6 Å². The number of methoxy groups -OCH3 is 2. The number of nitrogens with zero attached hydrogens (tertiary/aromatic N) is 1. The first-order valence-electron chi connectivity index (χ1n) is 8.34. The molecule has 0 spiro atoms. The highest BCUT2D eigenvalue weighted by molar-refractivity contribution is 6.30. The van der Waals surface area contributed by atoms with Crippen LogP contribution in [0.2, 0.25) is 5.02 Å². The third kappa shape index (κ3) is 4.90. The number of likely N-dealkylation sites (N-methyl/N-ethyl adjacent to an activating group) is 1. The maximum atomic E-state index is 12.5. The summed E-state index contributed by atoms with van der Waals surface area (Å²) in [5.74, 6) is 1.30. The predicted octanol–water partition coefficient (Wildman–Crippen LogP) is 4.12. The van der Waals surface area contributed by atoms with Gasteiger partial charge in [0.15, 0.2) is 11.5 Å². The molecule has 6 heteroatoms. The van der Waals surface area contributed by atoms with Gasteiger partial charge in [0.05, 0.1) is 20.3 Å². The summed E-state index contributed by atoms with van der Waals surface area (Å²) in [7, 11) is 5.15. The van der Waals surface area contributed by atoms with E-state index in [2.05, 4.69) is 5.32 Å². The van der Waals surface area contributed by atoms with Gasteiger partial charge < -0.3 is 14.8 Å². The Kier molecular flexibility index (Phi) is 6.89. The van der Waals surface area contributed by atoms with E-state index in [-0.39, 0.29) is 11.9 Å². The van der Waals surface area contributed by atoms with Crippen molar-refractivity contribution in [3.05, 3.63) is 52.5 Å². The molecule has 0 unspecified atom stereocenters. The van der Waals surface area contributed by atoms with Crippen LogP contribution in [0.25, 0.3) is 0 Å². The number of hydrogen-bond acceptors (Lipinski definition) is 4. The molecule has 0 aliphatic heterocycles. The van der Waals surface area contributed by atoms with Crippen molar-refractivity contribution in [2.75, 3.05) is 26.6 Å². The zero-order chi connectivity index (χ0) is 19.3. The van der Waals surface area contributed by atoms with E-state index in [4.69, 9.17) is 21.1 Å². The van der Waals surface area contributed by atoms with E-state index in [0.717, 1.165) is 16.8 Å². The third-order valence-electron chi connectivity index (χ3n) is 4.41.